The SMILES string of the molecule is C=C[C@@H]1OCC[C@@H]1CN. The average Bonchev–Trinajstić information content (AvgIpc) is 2.33. The fourth-order valence-corrected chi connectivity index (χ4v) is 1.17. The number of ether oxygens (including phenoxy) is 1. The second kappa shape index (κ2) is 2.99. The molecule has 0 amide bonds. The van der Waals surface area contributed by atoms with Crippen LogP contribution in [0.4, 0.5) is 0 Å². The molecule has 0 aromatic heterocycles. The Morgan fingerprint density at radius 3 is 3.00 bits per heavy atom. The van der Waals surface area contributed by atoms with E-state index in [0.717, 1.165) is 19.6 Å². The van der Waals surface area contributed by atoms with Gasteiger partial charge in [0.05, 0.1) is 6.10 Å². The lowest BCUT2D eigenvalue weighted by molar-refractivity contribution is 0.129. The first-order valence-corrected chi connectivity index (χ1v) is 3.32. The Hall–Kier alpha value is -0.340. The third-order valence-corrected chi connectivity index (χ3v) is 1.80. The second-order valence-electron chi connectivity index (χ2n) is 2.36. The van der Waals surface area contributed by atoms with E-state index in [1.165, 1.54) is 0 Å². The van der Waals surface area contributed by atoms with Crippen LogP contribution in [0, 0.1) is 5.92 Å². The summed E-state index contributed by atoms with van der Waals surface area (Å²) in [5, 5.41) is 0. The maximum Gasteiger partial charge on any atom is 0.0794 e. The van der Waals surface area contributed by atoms with Gasteiger partial charge in [-0.2, -0.15) is 0 Å². The largest absolute Gasteiger partial charge is 0.374 e. The fourth-order valence-electron chi connectivity index (χ4n) is 1.17. The van der Waals surface area contributed by atoms with Crippen LogP contribution in [0.1, 0.15) is 6.42 Å². The van der Waals surface area contributed by atoms with E-state index in [1.807, 2.05) is 6.08 Å². The van der Waals surface area contributed by atoms with Crippen molar-refractivity contribution in [1.82, 2.24) is 0 Å². The lowest BCUT2D eigenvalue weighted by atomic mass is 10.0. The zero-order valence-electron chi connectivity index (χ0n) is 5.55. The molecule has 0 saturated carbocycles. The predicted molar refractivity (Wildman–Crippen MR) is 37.1 cm³/mol. The monoisotopic (exact) mass is 127 g/mol. The van der Waals surface area contributed by atoms with Gasteiger partial charge in [-0.3, -0.25) is 0 Å². The van der Waals surface area contributed by atoms with E-state index in [1.54, 1.807) is 0 Å². The summed E-state index contributed by atoms with van der Waals surface area (Å²) in [6, 6.07) is 0. The first kappa shape index (κ1) is 6.78. The normalized spacial score (nSPS) is 34.8. The molecular weight excluding hydrogens is 114 g/mol. The van der Waals surface area contributed by atoms with Gasteiger partial charge in [-0.25, -0.2) is 0 Å². The second-order valence-corrected chi connectivity index (χ2v) is 2.36. The summed E-state index contributed by atoms with van der Waals surface area (Å²) in [4.78, 5) is 0. The summed E-state index contributed by atoms with van der Waals surface area (Å²) in [7, 11) is 0. The molecule has 2 atom stereocenters. The van der Waals surface area contributed by atoms with Gasteiger partial charge in [0, 0.05) is 12.5 Å². The van der Waals surface area contributed by atoms with Crippen LogP contribution in [-0.4, -0.2) is 19.3 Å². The number of hydrogen-bond donors (Lipinski definition) is 1. The van der Waals surface area contributed by atoms with E-state index in [4.69, 9.17) is 10.5 Å². The van der Waals surface area contributed by atoms with Crippen molar-refractivity contribution >= 4 is 0 Å². The zero-order chi connectivity index (χ0) is 6.69. The highest BCUT2D eigenvalue weighted by atomic mass is 16.5. The maximum absolute atomic E-state index is 5.47. The Balaban J connectivity index is 2.41. The summed E-state index contributed by atoms with van der Waals surface area (Å²) < 4.78 is 5.31. The molecule has 0 bridgehead atoms. The molecule has 1 heterocycles. The molecule has 2 heteroatoms. The van der Waals surface area contributed by atoms with E-state index in [-0.39, 0.29) is 6.10 Å². The van der Waals surface area contributed by atoms with Crippen LogP contribution in [0.25, 0.3) is 0 Å². The van der Waals surface area contributed by atoms with E-state index in [2.05, 4.69) is 6.58 Å². The Labute approximate surface area is 55.7 Å². The van der Waals surface area contributed by atoms with Crippen molar-refractivity contribution in [3.63, 3.8) is 0 Å². The third kappa shape index (κ3) is 1.32. The first-order valence-electron chi connectivity index (χ1n) is 3.32. The van der Waals surface area contributed by atoms with Crippen LogP contribution in [0.5, 0.6) is 0 Å². The van der Waals surface area contributed by atoms with Crippen molar-refractivity contribution in [2.24, 2.45) is 11.7 Å². The molecule has 1 fully saturated rings. The van der Waals surface area contributed by atoms with Gasteiger partial charge in [0.1, 0.15) is 0 Å². The summed E-state index contributed by atoms with van der Waals surface area (Å²) >= 11 is 0. The molecule has 0 aromatic carbocycles. The van der Waals surface area contributed by atoms with Gasteiger partial charge in [0.15, 0.2) is 0 Å². The highest BCUT2D eigenvalue weighted by molar-refractivity contribution is 4.89. The van der Waals surface area contributed by atoms with Crippen molar-refractivity contribution in [2.75, 3.05) is 13.2 Å². The van der Waals surface area contributed by atoms with Gasteiger partial charge in [0.2, 0.25) is 0 Å². The van der Waals surface area contributed by atoms with Crippen LogP contribution in [0.15, 0.2) is 12.7 Å². The lowest BCUT2D eigenvalue weighted by Crippen LogP contribution is -2.21. The van der Waals surface area contributed by atoms with Crippen LogP contribution in [-0.2, 0) is 4.74 Å². The maximum atomic E-state index is 5.47. The van der Waals surface area contributed by atoms with Gasteiger partial charge in [0.25, 0.3) is 0 Å². The molecule has 0 unspecified atom stereocenters. The zero-order valence-corrected chi connectivity index (χ0v) is 5.55. The molecular formula is C7H13NO. The molecule has 52 valence electrons. The standard InChI is InChI=1S/C7H13NO/c1-2-7-6(5-8)3-4-9-7/h2,6-7H,1,3-5,8H2/t6-,7+/m1/s1. The van der Waals surface area contributed by atoms with E-state index in [0.29, 0.717) is 5.92 Å². The molecule has 0 radical (unpaired) electrons. The van der Waals surface area contributed by atoms with Crippen molar-refractivity contribution in [1.29, 1.82) is 0 Å². The van der Waals surface area contributed by atoms with Crippen LogP contribution in [0.3, 0.4) is 0 Å². The molecule has 1 aliphatic heterocycles. The van der Waals surface area contributed by atoms with Gasteiger partial charge in [-0.15, -0.1) is 6.58 Å². The minimum Gasteiger partial charge on any atom is -0.374 e. The highest BCUT2D eigenvalue weighted by Gasteiger charge is 2.23. The molecule has 0 aliphatic carbocycles. The topological polar surface area (TPSA) is 35.2 Å². The molecule has 9 heavy (non-hydrogen) atoms. The van der Waals surface area contributed by atoms with E-state index < -0.39 is 0 Å². The van der Waals surface area contributed by atoms with Crippen molar-refractivity contribution in [2.45, 2.75) is 12.5 Å². The average molecular weight is 127 g/mol. The van der Waals surface area contributed by atoms with E-state index >= 15 is 0 Å². The smallest absolute Gasteiger partial charge is 0.0794 e. The van der Waals surface area contributed by atoms with Gasteiger partial charge < -0.3 is 10.5 Å². The Bertz CT molecular complexity index is 103. The molecule has 1 saturated heterocycles. The molecule has 0 spiro atoms. The fraction of sp³-hybridized carbons (Fsp3) is 0.714. The van der Waals surface area contributed by atoms with Gasteiger partial charge in [-0.1, -0.05) is 6.08 Å². The lowest BCUT2D eigenvalue weighted by Gasteiger charge is -2.10. The van der Waals surface area contributed by atoms with Gasteiger partial charge >= 0.3 is 0 Å². The summed E-state index contributed by atoms with van der Waals surface area (Å²) in [5.41, 5.74) is 5.47. The van der Waals surface area contributed by atoms with E-state index in [9.17, 15) is 0 Å². The van der Waals surface area contributed by atoms with Crippen LogP contribution in [0.2, 0.25) is 0 Å². The predicted octanol–water partition coefficient (Wildman–Crippen LogP) is 0.536. The molecule has 1 aliphatic rings. The van der Waals surface area contributed by atoms with Gasteiger partial charge in [-0.05, 0) is 13.0 Å². The minimum atomic E-state index is 0.218. The van der Waals surface area contributed by atoms with Crippen LogP contribution < -0.4 is 5.73 Å². The summed E-state index contributed by atoms with van der Waals surface area (Å²) in [6.07, 6.45) is 3.15. The number of hydrogen-bond acceptors (Lipinski definition) is 2. The summed E-state index contributed by atoms with van der Waals surface area (Å²) in [5.74, 6) is 0.516. The molecule has 2 N–H and O–H groups in total. The third-order valence-electron chi connectivity index (χ3n) is 1.80. The van der Waals surface area contributed by atoms with Crippen molar-refractivity contribution in [3.8, 4) is 0 Å². The Kier molecular flexibility index (Phi) is 2.25. The summed E-state index contributed by atoms with van der Waals surface area (Å²) in [6.45, 7) is 5.23. The number of rotatable bonds is 2. The Morgan fingerprint density at radius 1 is 1.78 bits per heavy atom. The molecule has 1 rings (SSSR count). The first-order chi connectivity index (χ1) is 4.38. The number of nitrogens with two attached hydrogens (primary N) is 1. The Morgan fingerprint density at radius 2 is 2.56 bits per heavy atom. The van der Waals surface area contributed by atoms with Crippen LogP contribution >= 0.6 is 0 Å². The quantitative estimate of drug-likeness (QED) is 0.549. The molecule has 2 nitrogen and oxygen atoms in total. The van der Waals surface area contributed by atoms with Crippen molar-refractivity contribution < 1.29 is 4.74 Å². The molecule has 0 aromatic rings. The van der Waals surface area contributed by atoms with Crippen molar-refractivity contribution in [3.05, 3.63) is 12.7 Å². The highest BCUT2D eigenvalue weighted by Crippen LogP contribution is 2.19. The minimum absolute atomic E-state index is 0.218.